The number of aromatic nitrogens is 1. The second-order valence-electron chi connectivity index (χ2n) is 4.66. The number of hydrogen-bond acceptors (Lipinski definition) is 3. The first kappa shape index (κ1) is 12.7. The van der Waals surface area contributed by atoms with E-state index in [1.165, 1.54) is 25.7 Å². The van der Waals surface area contributed by atoms with E-state index in [0.29, 0.717) is 17.5 Å². The van der Waals surface area contributed by atoms with E-state index >= 15 is 0 Å². The van der Waals surface area contributed by atoms with Gasteiger partial charge in [-0.2, -0.15) is 0 Å². The predicted octanol–water partition coefficient (Wildman–Crippen LogP) is 3.77. The molecule has 0 amide bonds. The van der Waals surface area contributed by atoms with Gasteiger partial charge in [0.2, 0.25) is 5.88 Å². The lowest BCUT2D eigenvalue weighted by Crippen LogP contribution is -2.30. The molecule has 4 heteroatoms. The van der Waals surface area contributed by atoms with E-state index in [-0.39, 0.29) is 6.10 Å². The molecule has 17 heavy (non-hydrogen) atoms. The lowest BCUT2D eigenvalue weighted by molar-refractivity contribution is 0.0866. The molecule has 1 fully saturated rings. The molecule has 0 aromatic carbocycles. The highest BCUT2D eigenvalue weighted by Gasteiger charge is 2.26. The molecule has 2 rings (SSSR count). The Morgan fingerprint density at radius 1 is 1.47 bits per heavy atom. The van der Waals surface area contributed by atoms with Crippen molar-refractivity contribution in [3.8, 4) is 5.88 Å². The minimum absolute atomic E-state index is 0.282. The van der Waals surface area contributed by atoms with Gasteiger partial charge in [-0.15, -0.1) is 0 Å². The molecule has 3 nitrogen and oxygen atoms in total. The summed E-state index contributed by atoms with van der Waals surface area (Å²) in [4.78, 5) is 4.25. The van der Waals surface area contributed by atoms with Crippen LogP contribution in [0.25, 0.3) is 0 Å². The second-order valence-corrected chi connectivity index (χ2v) is 5.57. The summed E-state index contributed by atoms with van der Waals surface area (Å²) < 4.78 is 6.87. The minimum atomic E-state index is 0.282. The summed E-state index contributed by atoms with van der Waals surface area (Å²) in [5.41, 5.74) is 6.52. The Bertz CT molecular complexity index is 384. The molecule has 1 aromatic heterocycles. The molecule has 2 N–H and O–H groups in total. The van der Waals surface area contributed by atoms with Crippen LogP contribution in [0.15, 0.2) is 16.7 Å². The van der Waals surface area contributed by atoms with Crippen LogP contribution in [0.4, 0.5) is 5.69 Å². The highest BCUT2D eigenvalue weighted by molar-refractivity contribution is 9.10. The normalized spacial score (nSPS) is 24.6. The van der Waals surface area contributed by atoms with Gasteiger partial charge in [-0.25, -0.2) is 4.98 Å². The number of halogens is 1. The van der Waals surface area contributed by atoms with Crippen molar-refractivity contribution in [3.05, 3.63) is 16.7 Å². The van der Waals surface area contributed by atoms with E-state index in [2.05, 4.69) is 27.8 Å². The SMILES string of the molecule is CCC1CCCCC1Oc1ncc(Br)cc1N. The van der Waals surface area contributed by atoms with E-state index in [1.807, 2.05) is 6.07 Å². The summed E-state index contributed by atoms with van der Waals surface area (Å²) in [5, 5.41) is 0. The average Bonchev–Trinajstić information content (AvgIpc) is 2.33. The van der Waals surface area contributed by atoms with Crippen LogP contribution in [0.2, 0.25) is 0 Å². The first-order valence-electron chi connectivity index (χ1n) is 6.28. The standard InChI is InChI=1S/C13H19BrN2O/c1-2-9-5-3-4-6-12(9)17-13-11(15)7-10(14)8-16-13/h7-9,12H,2-6,15H2,1H3. The van der Waals surface area contributed by atoms with Gasteiger partial charge in [-0.1, -0.05) is 13.3 Å². The Hall–Kier alpha value is -0.770. The maximum Gasteiger partial charge on any atom is 0.237 e. The summed E-state index contributed by atoms with van der Waals surface area (Å²) in [5.74, 6) is 1.23. The van der Waals surface area contributed by atoms with Crippen molar-refractivity contribution in [3.63, 3.8) is 0 Å². The number of hydrogen-bond donors (Lipinski definition) is 1. The third-order valence-electron chi connectivity index (χ3n) is 3.47. The summed E-state index contributed by atoms with van der Waals surface area (Å²) >= 11 is 3.35. The quantitative estimate of drug-likeness (QED) is 0.924. The van der Waals surface area contributed by atoms with Gasteiger partial charge in [-0.3, -0.25) is 0 Å². The van der Waals surface area contributed by atoms with Crippen LogP contribution < -0.4 is 10.5 Å². The molecule has 1 heterocycles. The van der Waals surface area contributed by atoms with Crippen LogP contribution in [0.1, 0.15) is 39.0 Å². The summed E-state index contributed by atoms with van der Waals surface area (Å²) in [7, 11) is 0. The molecule has 2 unspecified atom stereocenters. The molecule has 1 aromatic rings. The third-order valence-corrected chi connectivity index (χ3v) is 3.91. The number of ether oxygens (including phenoxy) is 1. The van der Waals surface area contributed by atoms with Crippen molar-refractivity contribution in [1.29, 1.82) is 0 Å². The van der Waals surface area contributed by atoms with Crippen molar-refractivity contribution in [2.75, 3.05) is 5.73 Å². The number of pyridine rings is 1. The second kappa shape index (κ2) is 5.71. The van der Waals surface area contributed by atoms with Crippen molar-refractivity contribution in [1.82, 2.24) is 4.98 Å². The zero-order valence-corrected chi connectivity index (χ0v) is 11.7. The van der Waals surface area contributed by atoms with Gasteiger partial charge in [0.1, 0.15) is 6.10 Å². The molecule has 0 saturated heterocycles. The number of nitrogens with zero attached hydrogens (tertiary/aromatic N) is 1. The Kier molecular flexibility index (Phi) is 4.26. The molecule has 2 atom stereocenters. The molecule has 1 aliphatic carbocycles. The highest BCUT2D eigenvalue weighted by Crippen LogP contribution is 2.32. The molecular weight excluding hydrogens is 280 g/mol. The molecule has 94 valence electrons. The van der Waals surface area contributed by atoms with Gasteiger partial charge in [0.05, 0.1) is 5.69 Å². The zero-order valence-electron chi connectivity index (χ0n) is 10.2. The molecule has 0 bridgehead atoms. The van der Waals surface area contributed by atoms with Gasteiger partial charge < -0.3 is 10.5 Å². The Balaban J connectivity index is 2.08. The van der Waals surface area contributed by atoms with E-state index in [9.17, 15) is 0 Å². The van der Waals surface area contributed by atoms with Crippen LogP contribution in [-0.2, 0) is 0 Å². The molecule has 0 radical (unpaired) electrons. The van der Waals surface area contributed by atoms with E-state index < -0.39 is 0 Å². The summed E-state index contributed by atoms with van der Waals surface area (Å²) in [6, 6.07) is 1.84. The van der Waals surface area contributed by atoms with Crippen LogP contribution >= 0.6 is 15.9 Å². The molecular formula is C13H19BrN2O. The summed E-state index contributed by atoms with van der Waals surface area (Å²) in [6.07, 6.45) is 8.13. The largest absolute Gasteiger partial charge is 0.473 e. The molecule has 1 saturated carbocycles. The number of rotatable bonds is 3. The van der Waals surface area contributed by atoms with Gasteiger partial charge in [0.25, 0.3) is 0 Å². The molecule has 0 aliphatic heterocycles. The molecule has 1 aliphatic rings. The first-order valence-corrected chi connectivity index (χ1v) is 7.07. The van der Waals surface area contributed by atoms with Crippen molar-refractivity contribution in [2.24, 2.45) is 5.92 Å². The first-order chi connectivity index (χ1) is 8.20. The van der Waals surface area contributed by atoms with Crippen molar-refractivity contribution >= 4 is 21.6 Å². The average molecular weight is 299 g/mol. The van der Waals surface area contributed by atoms with Crippen LogP contribution in [-0.4, -0.2) is 11.1 Å². The van der Waals surface area contributed by atoms with Gasteiger partial charge in [-0.05, 0) is 53.6 Å². The Labute approximate surface area is 111 Å². The highest BCUT2D eigenvalue weighted by atomic mass is 79.9. The van der Waals surface area contributed by atoms with E-state index in [4.69, 9.17) is 10.5 Å². The minimum Gasteiger partial charge on any atom is -0.473 e. The number of nitrogen functional groups attached to an aromatic ring is 1. The van der Waals surface area contributed by atoms with Crippen LogP contribution in [0.3, 0.4) is 0 Å². The third kappa shape index (κ3) is 3.12. The van der Waals surface area contributed by atoms with E-state index in [1.54, 1.807) is 6.20 Å². The van der Waals surface area contributed by atoms with Crippen LogP contribution in [0, 0.1) is 5.92 Å². The smallest absolute Gasteiger partial charge is 0.237 e. The maximum atomic E-state index is 5.99. The fraction of sp³-hybridized carbons (Fsp3) is 0.615. The monoisotopic (exact) mass is 298 g/mol. The van der Waals surface area contributed by atoms with Gasteiger partial charge >= 0.3 is 0 Å². The molecule has 0 spiro atoms. The number of nitrogens with two attached hydrogens (primary N) is 1. The summed E-state index contributed by atoms with van der Waals surface area (Å²) in [6.45, 7) is 2.23. The topological polar surface area (TPSA) is 48.1 Å². The number of anilines is 1. The lowest BCUT2D eigenvalue weighted by Gasteiger charge is -2.31. The zero-order chi connectivity index (χ0) is 12.3. The lowest BCUT2D eigenvalue weighted by atomic mass is 9.85. The van der Waals surface area contributed by atoms with Crippen molar-refractivity contribution in [2.45, 2.75) is 45.1 Å². The van der Waals surface area contributed by atoms with E-state index in [0.717, 1.165) is 10.9 Å². The van der Waals surface area contributed by atoms with Crippen LogP contribution in [0.5, 0.6) is 5.88 Å². The fourth-order valence-corrected chi connectivity index (χ4v) is 2.83. The fourth-order valence-electron chi connectivity index (χ4n) is 2.48. The van der Waals surface area contributed by atoms with Gasteiger partial charge in [0.15, 0.2) is 0 Å². The van der Waals surface area contributed by atoms with Gasteiger partial charge in [0, 0.05) is 10.7 Å². The predicted molar refractivity (Wildman–Crippen MR) is 73.0 cm³/mol. The Morgan fingerprint density at radius 3 is 2.94 bits per heavy atom. The van der Waals surface area contributed by atoms with Crippen molar-refractivity contribution < 1.29 is 4.74 Å². The Morgan fingerprint density at radius 2 is 2.24 bits per heavy atom. The maximum absolute atomic E-state index is 5.99.